The summed E-state index contributed by atoms with van der Waals surface area (Å²) in [4.78, 5) is 0. The Bertz CT molecular complexity index is 459. The molecular formula is C17H24O. The zero-order valence-electron chi connectivity index (χ0n) is 11.9. The number of aliphatic hydroxyl groups excluding tert-OH is 1. The standard InChI is InChI=1S/C17H24O/c1-11-7-12(2)9-16(8-11)17(18)15-6-5-13(3)14(4)10-15/h5-7,10-11,16-18H,8-9H2,1-4H3. The zero-order valence-corrected chi connectivity index (χ0v) is 11.9. The molecule has 3 atom stereocenters. The van der Waals surface area contributed by atoms with Crippen LogP contribution in [-0.4, -0.2) is 5.11 Å². The van der Waals surface area contributed by atoms with Crippen LogP contribution < -0.4 is 0 Å². The molecule has 1 N–H and O–H groups in total. The molecule has 0 fully saturated rings. The van der Waals surface area contributed by atoms with Gasteiger partial charge in [0.25, 0.3) is 0 Å². The maximum absolute atomic E-state index is 10.6. The van der Waals surface area contributed by atoms with E-state index in [1.807, 2.05) is 0 Å². The molecule has 1 aliphatic rings. The lowest BCUT2D eigenvalue weighted by atomic mass is 9.78. The van der Waals surface area contributed by atoms with E-state index in [1.165, 1.54) is 16.7 Å². The largest absolute Gasteiger partial charge is 0.388 e. The molecule has 0 saturated heterocycles. The van der Waals surface area contributed by atoms with Gasteiger partial charge in [0.1, 0.15) is 0 Å². The minimum atomic E-state index is -0.324. The van der Waals surface area contributed by atoms with Crippen LogP contribution >= 0.6 is 0 Å². The third kappa shape index (κ3) is 2.84. The van der Waals surface area contributed by atoms with Crippen molar-refractivity contribution in [1.29, 1.82) is 0 Å². The Morgan fingerprint density at radius 3 is 2.50 bits per heavy atom. The van der Waals surface area contributed by atoms with E-state index in [1.54, 1.807) is 0 Å². The van der Waals surface area contributed by atoms with Crippen LogP contribution in [0.4, 0.5) is 0 Å². The van der Waals surface area contributed by atoms with E-state index in [0.717, 1.165) is 18.4 Å². The van der Waals surface area contributed by atoms with E-state index in [2.05, 4.69) is 52.0 Å². The van der Waals surface area contributed by atoms with Gasteiger partial charge in [-0.15, -0.1) is 0 Å². The van der Waals surface area contributed by atoms with Gasteiger partial charge in [-0.3, -0.25) is 0 Å². The van der Waals surface area contributed by atoms with Crippen LogP contribution in [0.5, 0.6) is 0 Å². The Morgan fingerprint density at radius 2 is 1.89 bits per heavy atom. The molecular weight excluding hydrogens is 220 g/mol. The molecule has 0 aromatic heterocycles. The Hall–Kier alpha value is -1.08. The molecule has 0 amide bonds. The van der Waals surface area contributed by atoms with E-state index in [-0.39, 0.29) is 6.10 Å². The topological polar surface area (TPSA) is 20.2 Å². The fourth-order valence-electron chi connectivity index (χ4n) is 3.06. The van der Waals surface area contributed by atoms with Crippen molar-refractivity contribution >= 4 is 0 Å². The first-order valence-corrected chi connectivity index (χ1v) is 6.90. The summed E-state index contributed by atoms with van der Waals surface area (Å²) in [6, 6.07) is 6.33. The Kier molecular flexibility index (Phi) is 3.91. The zero-order chi connectivity index (χ0) is 13.3. The van der Waals surface area contributed by atoms with Crippen molar-refractivity contribution in [2.24, 2.45) is 11.8 Å². The first-order chi connectivity index (χ1) is 8.47. The molecule has 0 saturated carbocycles. The molecule has 1 aromatic rings. The van der Waals surface area contributed by atoms with Crippen molar-refractivity contribution in [1.82, 2.24) is 0 Å². The number of aliphatic hydroxyl groups is 1. The number of rotatable bonds is 2. The quantitative estimate of drug-likeness (QED) is 0.768. The summed E-state index contributed by atoms with van der Waals surface area (Å²) in [7, 11) is 0. The highest BCUT2D eigenvalue weighted by molar-refractivity contribution is 5.31. The summed E-state index contributed by atoms with van der Waals surface area (Å²) >= 11 is 0. The fraction of sp³-hybridized carbons (Fsp3) is 0.529. The van der Waals surface area contributed by atoms with Crippen molar-refractivity contribution in [3.05, 3.63) is 46.5 Å². The number of aryl methyl sites for hydroxylation is 2. The first kappa shape index (κ1) is 13.4. The third-order valence-corrected chi connectivity index (χ3v) is 4.15. The molecule has 0 bridgehead atoms. The van der Waals surface area contributed by atoms with Gasteiger partial charge in [-0.2, -0.15) is 0 Å². The summed E-state index contributed by atoms with van der Waals surface area (Å²) in [5.41, 5.74) is 5.05. The van der Waals surface area contributed by atoms with Crippen molar-refractivity contribution in [3.63, 3.8) is 0 Å². The van der Waals surface area contributed by atoms with Crippen LogP contribution in [0.25, 0.3) is 0 Å². The van der Waals surface area contributed by atoms with Crippen molar-refractivity contribution in [2.75, 3.05) is 0 Å². The van der Waals surface area contributed by atoms with Crippen LogP contribution in [0.15, 0.2) is 29.8 Å². The van der Waals surface area contributed by atoms with Gasteiger partial charge in [-0.05, 0) is 62.1 Å². The molecule has 1 heteroatoms. The molecule has 1 aliphatic carbocycles. The summed E-state index contributed by atoms with van der Waals surface area (Å²) in [6.45, 7) is 8.64. The first-order valence-electron chi connectivity index (χ1n) is 6.90. The summed E-state index contributed by atoms with van der Waals surface area (Å²) < 4.78 is 0. The number of allylic oxidation sites excluding steroid dienone is 2. The van der Waals surface area contributed by atoms with Gasteiger partial charge in [0, 0.05) is 0 Å². The maximum atomic E-state index is 10.6. The lowest BCUT2D eigenvalue weighted by Gasteiger charge is -2.30. The van der Waals surface area contributed by atoms with Crippen LogP contribution in [0.3, 0.4) is 0 Å². The van der Waals surface area contributed by atoms with Crippen molar-refractivity contribution in [2.45, 2.75) is 46.6 Å². The van der Waals surface area contributed by atoms with E-state index in [9.17, 15) is 5.11 Å². The van der Waals surface area contributed by atoms with Crippen LogP contribution in [-0.2, 0) is 0 Å². The fourth-order valence-corrected chi connectivity index (χ4v) is 3.06. The average molecular weight is 244 g/mol. The minimum Gasteiger partial charge on any atom is -0.388 e. The van der Waals surface area contributed by atoms with Gasteiger partial charge in [-0.1, -0.05) is 36.8 Å². The normalized spacial score (nSPS) is 25.7. The molecule has 2 rings (SSSR count). The lowest BCUT2D eigenvalue weighted by molar-refractivity contribution is 0.0932. The number of hydrogen-bond acceptors (Lipinski definition) is 1. The Balaban J connectivity index is 2.18. The number of hydrogen-bond donors (Lipinski definition) is 1. The van der Waals surface area contributed by atoms with E-state index in [4.69, 9.17) is 0 Å². The van der Waals surface area contributed by atoms with Crippen LogP contribution in [0.1, 0.15) is 49.5 Å². The van der Waals surface area contributed by atoms with Gasteiger partial charge in [0.15, 0.2) is 0 Å². The highest BCUT2D eigenvalue weighted by Gasteiger charge is 2.26. The smallest absolute Gasteiger partial charge is 0.0821 e. The van der Waals surface area contributed by atoms with E-state index in [0.29, 0.717) is 11.8 Å². The maximum Gasteiger partial charge on any atom is 0.0821 e. The number of benzene rings is 1. The highest BCUT2D eigenvalue weighted by Crippen LogP contribution is 2.36. The molecule has 1 aromatic carbocycles. The molecule has 0 radical (unpaired) electrons. The minimum absolute atomic E-state index is 0.324. The molecule has 0 spiro atoms. The van der Waals surface area contributed by atoms with Gasteiger partial charge >= 0.3 is 0 Å². The molecule has 1 nitrogen and oxygen atoms in total. The van der Waals surface area contributed by atoms with Gasteiger partial charge in [0.05, 0.1) is 6.10 Å². The Labute approximate surface area is 111 Å². The van der Waals surface area contributed by atoms with Crippen LogP contribution in [0, 0.1) is 25.7 Å². The summed E-state index contributed by atoms with van der Waals surface area (Å²) in [6.07, 6.45) is 4.13. The third-order valence-electron chi connectivity index (χ3n) is 4.15. The second-order valence-electron chi connectivity index (χ2n) is 5.98. The van der Waals surface area contributed by atoms with Gasteiger partial charge in [-0.25, -0.2) is 0 Å². The second-order valence-corrected chi connectivity index (χ2v) is 5.98. The second kappa shape index (κ2) is 5.27. The lowest BCUT2D eigenvalue weighted by Crippen LogP contribution is -2.19. The summed E-state index contributed by atoms with van der Waals surface area (Å²) in [5, 5.41) is 10.6. The van der Waals surface area contributed by atoms with Gasteiger partial charge < -0.3 is 5.11 Å². The van der Waals surface area contributed by atoms with Gasteiger partial charge in [0.2, 0.25) is 0 Å². The van der Waals surface area contributed by atoms with Crippen molar-refractivity contribution in [3.8, 4) is 0 Å². The highest BCUT2D eigenvalue weighted by atomic mass is 16.3. The Morgan fingerprint density at radius 1 is 1.17 bits per heavy atom. The SMILES string of the molecule is CC1=CC(C)CC(C(O)c2ccc(C)c(C)c2)C1. The molecule has 98 valence electrons. The van der Waals surface area contributed by atoms with Crippen molar-refractivity contribution < 1.29 is 5.11 Å². The van der Waals surface area contributed by atoms with E-state index >= 15 is 0 Å². The summed E-state index contributed by atoms with van der Waals surface area (Å²) in [5.74, 6) is 0.956. The molecule has 3 unspecified atom stereocenters. The predicted octanol–water partition coefficient (Wildman–Crippen LogP) is 4.33. The molecule has 18 heavy (non-hydrogen) atoms. The molecule has 0 heterocycles. The monoisotopic (exact) mass is 244 g/mol. The average Bonchev–Trinajstić information content (AvgIpc) is 2.30. The van der Waals surface area contributed by atoms with Crippen LogP contribution in [0.2, 0.25) is 0 Å². The predicted molar refractivity (Wildman–Crippen MR) is 76.5 cm³/mol. The molecule has 0 aliphatic heterocycles. The van der Waals surface area contributed by atoms with E-state index < -0.39 is 0 Å².